The summed E-state index contributed by atoms with van der Waals surface area (Å²) in [5.41, 5.74) is 0. The molecule has 0 saturated carbocycles. The van der Waals surface area contributed by atoms with Crippen molar-refractivity contribution in [1.82, 2.24) is 0 Å². The largest absolute Gasteiger partial charge is 1.00 e. The van der Waals surface area contributed by atoms with Crippen LogP contribution in [0.3, 0.4) is 0 Å². The van der Waals surface area contributed by atoms with E-state index in [9.17, 15) is 0 Å². The maximum Gasteiger partial charge on any atom is 1.00 e. The van der Waals surface area contributed by atoms with Gasteiger partial charge in [-0.1, -0.05) is 0 Å². The number of hydrogen-bond acceptors (Lipinski definition) is 0. The third-order valence-corrected chi connectivity index (χ3v) is 0. The maximum absolute atomic E-state index is 3.31. The Morgan fingerprint density at radius 3 is 0.714 bits per heavy atom. The van der Waals surface area contributed by atoms with Crippen LogP contribution in [0.1, 0.15) is 0 Å². The van der Waals surface area contributed by atoms with E-state index in [1.807, 2.05) is 0 Å². The fourth-order valence-corrected chi connectivity index (χ4v) is 0. The fraction of sp³-hybridized carbons (Fsp3) is 0. The summed E-state index contributed by atoms with van der Waals surface area (Å²) in [6.45, 7) is 0. The van der Waals surface area contributed by atoms with Crippen LogP contribution in [-0.4, -0.2) is 0 Å². The van der Waals surface area contributed by atoms with Crippen molar-refractivity contribution in [2.75, 3.05) is 0 Å². The Morgan fingerprint density at radius 2 is 0.714 bits per heavy atom. The molecule has 0 N–H and O–H groups in total. The molecule has 0 rings (SSSR count). The van der Waals surface area contributed by atoms with Crippen molar-refractivity contribution < 1.29 is 124 Å². The molecule has 0 atom stereocenters. The van der Waals surface area contributed by atoms with Crippen LogP contribution < -0.4 is 116 Å². The molecule has 0 amide bonds. The van der Waals surface area contributed by atoms with Gasteiger partial charge in [-0.2, -0.15) is 0 Å². The van der Waals surface area contributed by atoms with Crippen molar-refractivity contribution in [3.63, 3.8) is 0 Å². The standard InChI is InChI=1S/4BrH.Pt.2Rb/h4*1H;;;/q;;;;+2;2*+1/p-4. The predicted octanol–water partition coefficient (Wildman–Crippen LogP) is -2.61. The van der Waals surface area contributed by atoms with E-state index >= 15 is 0 Å². The molecule has 0 aromatic heterocycles. The van der Waals surface area contributed by atoms with Gasteiger partial charge in [-0.25, -0.2) is 0 Å². The molecule has 0 bridgehead atoms. The third-order valence-electron chi connectivity index (χ3n) is 0. The van der Waals surface area contributed by atoms with E-state index in [1.54, 1.807) is 0 Å². The Bertz CT molecular complexity index is 25.2. The molecule has 0 fully saturated rings. The van der Waals surface area contributed by atoms with Gasteiger partial charge < -0.3 is 0 Å². The van der Waals surface area contributed by atoms with Crippen LogP contribution >= 0.6 is 53.2 Å². The van der Waals surface area contributed by atoms with E-state index in [-0.39, 0.29) is 116 Å². The average Bonchev–Trinajstić information content (AvgIpc) is 0.722. The monoisotopic (exact) mass is 680 g/mol. The van der Waals surface area contributed by atoms with Gasteiger partial charge in [-0.3, -0.25) is 0 Å². The van der Waals surface area contributed by atoms with E-state index < -0.39 is 7.84 Å². The van der Waals surface area contributed by atoms with Crippen LogP contribution in [0.2, 0.25) is 0 Å². The Labute approximate surface area is 170 Å². The van der Waals surface area contributed by atoms with Gasteiger partial charge in [0.1, 0.15) is 0 Å². The quantitative estimate of drug-likeness (QED) is 0.263. The van der Waals surface area contributed by atoms with Crippen LogP contribution in [-0.2, 0) is 7.84 Å². The molecule has 7 heteroatoms. The average molecular weight is 686 g/mol. The van der Waals surface area contributed by atoms with Crippen LogP contribution in [0.15, 0.2) is 0 Å². The first-order valence-corrected chi connectivity index (χ1v) is 20.3. The number of halogens is 4. The van der Waals surface area contributed by atoms with E-state index in [2.05, 4.69) is 53.2 Å². The van der Waals surface area contributed by atoms with E-state index in [4.69, 9.17) is 0 Å². The van der Waals surface area contributed by atoms with Gasteiger partial charge in [0, 0.05) is 0 Å². The first-order chi connectivity index (χ1) is 2.00. The van der Waals surface area contributed by atoms with E-state index in [1.165, 1.54) is 0 Å². The van der Waals surface area contributed by atoms with Crippen LogP contribution in [0, 0.1) is 0 Å². The zero-order chi connectivity index (χ0) is 4.50. The van der Waals surface area contributed by atoms with Crippen molar-refractivity contribution in [3.05, 3.63) is 0 Å². The van der Waals surface area contributed by atoms with Crippen molar-refractivity contribution >= 4 is 53.2 Å². The van der Waals surface area contributed by atoms with Crippen LogP contribution in [0.4, 0.5) is 0 Å². The molecule has 0 aliphatic rings. The smallest absolute Gasteiger partial charge is 1.00 e. The maximum atomic E-state index is 3.31. The molecule has 0 radical (unpaired) electrons. The molecular formula is Br4PtRb2. The number of hydrogen-bond donors (Lipinski definition) is 0. The van der Waals surface area contributed by atoms with Crippen molar-refractivity contribution in [3.8, 4) is 0 Å². The van der Waals surface area contributed by atoms with Crippen molar-refractivity contribution in [1.29, 1.82) is 0 Å². The molecular weight excluding hydrogens is 686 g/mol. The van der Waals surface area contributed by atoms with Gasteiger partial charge in [0.15, 0.2) is 0 Å². The molecule has 0 aliphatic carbocycles. The zero-order valence-corrected chi connectivity index (χ0v) is 22.3. The minimum Gasteiger partial charge on any atom is 1.00 e. The van der Waals surface area contributed by atoms with E-state index in [0.29, 0.717) is 0 Å². The van der Waals surface area contributed by atoms with Crippen LogP contribution in [0.25, 0.3) is 0 Å². The zero-order valence-electron chi connectivity index (χ0n) is 3.83. The third kappa shape index (κ3) is 33.0. The molecule has 0 spiro atoms. The molecule has 0 saturated heterocycles. The van der Waals surface area contributed by atoms with Gasteiger partial charge in [0.2, 0.25) is 0 Å². The Balaban J connectivity index is -0.0000000800. The van der Waals surface area contributed by atoms with Gasteiger partial charge >= 0.3 is 177 Å². The first-order valence-electron chi connectivity index (χ1n) is 0.478. The summed E-state index contributed by atoms with van der Waals surface area (Å²) in [6, 6.07) is 0. The summed E-state index contributed by atoms with van der Waals surface area (Å²) < 4.78 is 0. The summed E-state index contributed by atoms with van der Waals surface area (Å²) in [7, 11) is -1.69. The molecule has 40 valence electrons. The minimum atomic E-state index is -1.69. The summed E-state index contributed by atoms with van der Waals surface area (Å²) in [5, 5.41) is 0. The molecule has 0 aromatic carbocycles. The second kappa shape index (κ2) is 10.3. The molecule has 0 nitrogen and oxygen atoms in total. The molecule has 0 unspecified atom stereocenters. The molecule has 0 aliphatic heterocycles. The topological polar surface area (TPSA) is 0 Å². The second-order valence-corrected chi connectivity index (χ2v) is 59.9. The van der Waals surface area contributed by atoms with Crippen molar-refractivity contribution in [2.24, 2.45) is 0 Å². The van der Waals surface area contributed by atoms with Gasteiger partial charge in [0.25, 0.3) is 0 Å². The van der Waals surface area contributed by atoms with Crippen molar-refractivity contribution in [2.45, 2.75) is 0 Å². The predicted molar refractivity (Wildman–Crippen MR) is 35.7 cm³/mol. The first kappa shape index (κ1) is 18.9. The summed E-state index contributed by atoms with van der Waals surface area (Å²) in [6.07, 6.45) is 0. The summed E-state index contributed by atoms with van der Waals surface area (Å²) >= 11 is 13.2. The normalized spacial score (nSPS) is 10.9. The second-order valence-electron chi connectivity index (χ2n) is 0.271. The molecule has 7 heavy (non-hydrogen) atoms. The Kier molecular flexibility index (Phi) is 27.8. The Morgan fingerprint density at radius 1 is 0.714 bits per heavy atom. The molecule has 0 heterocycles. The number of rotatable bonds is 0. The van der Waals surface area contributed by atoms with Crippen LogP contribution in [0.5, 0.6) is 0 Å². The summed E-state index contributed by atoms with van der Waals surface area (Å²) in [5.74, 6) is 0. The van der Waals surface area contributed by atoms with E-state index in [0.717, 1.165) is 0 Å². The minimum absolute atomic E-state index is 0. The van der Waals surface area contributed by atoms with Gasteiger partial charge in [0.05, 0.1) is 0 Å². The van der Waals surface area contributed by atoms with Gasteiger partial charge in [-0.15, -0.1) is 0 Å². The van der Waals surface area contributed by atoms with Gasteiger partial charge in [-0.05, 0) is 0 Å². The Hall–Kier alpha value is 6.22. The molecule has 0 aromatic rings. The summed E-state index contributed by atoms with van der Waals surface area (Å²) in [4.78, 5) is 0. The fourth-order valence-electron chi connectivity index (χ4n) is 0. The SMILES string of the molecule is [Br][Pt-2]([Br])([Br])[Br].[Rb+].[Rb+].